The first-order chi connectivity index (χ1) is 15.2. The minimum Gasteiger partial charge on any atom is -0.507 e. The third-order valence-electron chi connectivity index (χ3n) is 4.96. The number of benzene rings is 2. The van der Waals surface area contributed by atoms with E-state index in [2.05, 4.69) is 0 Å². The van der Waals surface area contributed by atoms with Crippen molar-refractivity contribution >= 4 is 23.5 Å². The van der Waals surface area contributed by atoms with Crippen LogP contribution in [-0.4, -0.2) is 23.7 Å². The van der Waals surface area contributed by atoms with Crippen LogP contribution in [0.15, 0.2) is 59.4 Å². The number of aliphatic hydroxyl groups excluding tert-OH is 1. The molecule has 3 rings (SSSR count). The molecule has 2 aromatic rings. The summed E-state index contributed by atoms with van der Waals surface area (Å²) >= 11 is 6.15. The van der Waals surface area contributed by atoms with E-state index in [0.29, 0.717) is 41.5 Å². The summed E-state index contributed by atoms with van der Waals surface area (Å²) in [6, 6.07) is 12.3. The molecule has 1 aliphatic rings. The highest BCUT2D eigenvalue weighted by Crippen LogP contribution is 2.36. The normalized spacial score (nSPS) is 15.7. The number of rotatable bonds is 7. The zero-order chi connectivity index (χ0) is 23.3. The van der Waals surface area contributed by atoms with E-state index in [1.807, 2.05) is 18.2 Å². The Labute approximate surface area is 188 Å². The molecule has 0 saturated carbocycles. The molecule has 0 saturated heterocycles. The predicted molar refractivity (Wildman–Crippen MR) is 116 cm³/mol. The van der Waals surface area contributed by atoms with Crippen LogP contribution in [0.1, 0.15) is 37.3 Å². The van der Waals surface area contributed by atoms with Gasteiger partial charge in [-0.15, -0.1) is 0 Å². The van der Waals surface area contributed by atoms with Crippen LogP contribution in [0, 0.1) is 0 Å². The van der Waals surface area contributed by atoms with Gasteiger partial charge in [0.15, 0.2) is 0 Å². The number of aliphatic hydroxyl groups is 1. The van der Waals surface area contributed by atoms with Crippen LogP contribution in [0.5, 0.6) is 11.5 Å². The van der Waals surface area contributed by atoms with Crippen molar-refractivity contribution in [2.45, 2.75) is 39.0 Å². The molecule has 170 valence electrons. The smallest absolute Gasteiger partial charge is 0.454 e. The molecule has 1 aliphatic carbocycles. The van der Waals surface area contributed by atoms with Crippen molar-refractivity contribution < 1.29 is 32.5 Å². The monoisotopic (exact) mass is 466 g/mol. The number of allylic oxidation sites excluding steroid dienone is 2. The summed E-state index contributed by atoms with van der Waals surface area (Å²) in [7, 11) is 0. The lowest BCUT2D eigenvalue weighted by Gasteiger charge is -2.20. The standard InChI is InChI=1S/C24H22ClF3O4/c1-2-31-21-13-18(32-14-17-6-3-4-9-20(17)25)11-10-15(21)12-16-7-5-8-19(22(16)29)23(30)24(26,27)28/h3-4,6,9-13,29H,2,5,7-8,14H2,1H3/b16-12+. The van der Waals surface area contributed by atoms with Crippen molar-refractivity contribution in [3.63, 3.8) is 0 Å². The molecule has 0 atom stereocenters. The number of Topliss-reactive ketones (excluding diaryl/α,β-unsaturated/α-hetero) is 1. The molecule has 8 heteroatoms. The van der Waals surface area contributed by atoms with Crippen molar-refractivity contribution in [2.75, 3.05) is 6.61 Å². The Morgan fingerprint density at radius 3 is 2.59 bits per heavy atom. The van der Waals surface area contributed by atoms with Gasteiger partial charge in [0.25, 0.3) is 5.78 Å². The number of hydrogen-bond donors (Lipinski definition) is 1. The highest BCUT2D eigenvalue weighted by molar-refractivity contribution is 6.31. The second kappa shape index (κ2) is 10.1. The first-order valence-electron chi connectivity index (χ1n) is 10.1. The molecule has 0 unspecified atom stereocenters. The third kappa shape index (κ3) is 5.65. The Hall–Kier alpha value is -2.93. The molecular weight excluding hydrogens is 445 g/mol. The summed E-state index contributed by atoms with van der Waals surface area (Å²) in [6.07, 6.45) is -2.93. The summed E-state index contributed by atoms with van der Waals surface area (Å²) in [5.74, 6) is -1.65. The Morgan fingerprint density at radius 1 is 1.16 bits per heavy atom. The Kier molecular flexibility index (Phi) is 7.51. The molecule has 2 aromatic carbocycles. The van der Waals surface area contributed by atoms with E-state index in [1.165, 1.54) is 0 Å². The van der Waals surface area contributed by atoms with Gasteiger partial charge in [0.1, 0.15) is 23.9 Å². The van der Waals surface area contributed by atoms with Gasteiger partial charge < -0.3 is 14.6 Å². The van der Waals surface area contributed by atoms with E-state index >= 15 is 0 Å². The molecule has 32 heavy (non-hydrogen) atoms. The molecule has 0 bridgehead atoms. The van der Waals surface area contributed by atoms with Gasteiger partial charge in [-0.05, 0) is 56.0 Å². The second-order valence-corrected chi connectivity index (χ2v) is 7.60. The number of carbonyl (C=O) groups excluding carboxylic acids is 1. The van der Waals surface area contributed by atoms with E-state index in [1.54, 1.807) is 37.3 Å². The van der Waals surface area contributed by atoms with E-state index in [4.69, 9.17) is 21.1 Å². The lowest BCUT2D eigenvalue weighted by molar-refractivity contribution is -0.167. The Bertz CT molecular complexity index is 1060. The minimum absolute atomic E-state index is 0.116. The lowest BCUT2D eigenvalue weighted by atomic mass is 9.89. The fourth-order valence-electron chi connectivity index (χ4n) is 3.39. The molecule has 0 radical (unpaired) electrons. The van der Waals surface area contributed by atoms with Gasteiger partial charge in [0.05, 0.1) is 6.61 Å². The first-order valence-corrected chi connectivity index (χ1v) is 10.5. The maximum absolute atomic E-state index is 12.8. The zero-order valence-electron chi connectivity index (χ0n) is 17.3. The van der Waals surface area contributed by atoms with Gasteiger partial charge in [0, 0.05) is 27.8 Å². The van der Waals surface area contributed by atoms with Crippen LogP contribution < -0.4 is 9.47 Å². The number of ether oxygens (including phenoxy) is 2. The van der Waals surface area contributed by atoms with Gasteiger partial charge in [-0.1, -0.05) is 29.8 Å². The van der Waals surface area contributed by atoms with E-state index in [9.17, 15) is 23.1 Å². The molecule has 0 heterocycles. The summed E-state index contributed by atoms with van der Waals surface area (Å²) in [5.41, 5.74) is 1.03. The van der Waals surface area contributed by atoms with Gasteiger partial charge in [-0.25, -0.2) is 0 Å². The summed E-state index contributed by atoms with van der Waals surface area (Å²) in [4.78, 5) is 11.6. The van der Waals surface area contributed by atoms with Crippen LogP contribution in [0.4, 0.5) is 13.2 Å². The second-order valence-electron chi connectivity index (χ2n) is 7.19. The molecule has 0 aliphatic heterocycles. The lowest BCUT2D eigenvalue weighted by Crippen LogP contribution is -2.27. The van der Waals surface area contributed by atoms with Gasteiger partial charge in [-0.3, -0.25) is 4.79 Å². The highest BCUT2D eigenvalue weighted by atomic mass is 35.5. The SMILES string of the molecule is CCOc1cc(OCc2ccccc2Cl)ccc1/C=C1\CCCC(C(=O)C(F)(F)F)=C1O. The fourth-order valence-corrected chi connectivity index (χ4v) is 3.58. The molecule has 0 fully saturated rings. The van der Waals surface area contributed by atoms with Crippen molar-refractivity contribution in [3.05, 3.63) is 75.5 Å². The molecule has 0 aromatic heterocycles. The van der Waals surface area contributed by atoms with Crippen LogP contribution in [0.25, 0.3) is 6.08 Å². The number of halogens is 4. The summed E-state index contributed by atoms with van der Waals surface area (Å²) in [5, 5.41) is 10.9. The number of hydrogen-bond acceptors (Lipinski definition) is 4. The average Bonchev–Trinajstić information content (AvgIpc) is 2.75. The number of alkyl halides is 3. The molecule has 4 nitrogen and oxygen atoms in total. The predicted octanol–water partition coefficient (Wildman–Crippen LogP) is 6.83. The van der Waals surface area contributed by atoms with Crippen molar-refractivity contribution in [1.82, 2.24) is 0 Å². The summed E-state index contributed by atoms with van der Waals surface area (Å²) in [6.45, 7) is 2.40. The minimum atomic E-state index is -5.02. The van der Waals surface area contributed by atoms with E-state index in [-0.39, 0.29) is 18.6 Å². The van der Waals surface area contributed by atoms with Crippen LogP contribution in [0.3, 0.4) is 0 Å². The van der Waals surface area contributed by atoms with Crippen LogP contribution >= 0.6 is 11.6 Å². The van der Waals surface area contributed by atoms with Crippen molar-refractivity contribution in [1.29, 1.82) is 0 Å². The first kappa shape index (κ1) is 23.7. The third-order valence-corrected chi connectivity index (χ3v) is 5.33. The van der Waals surface area contributed by atoms with Crippen molar-refractivity contribution in [3.8, 4) is 11.5 Å². The van der Waals surface area contributed by atoms with Gasteiger partial charge in [-0.2, -0.15) is 13.2 Å². The quantitative estimate of drug-likeness (QED) is 0.486. The maximum Gasteiger partial charge on any atom is 0.454 e. The number of ketones is 1. The molecule has 1 N–H and O–H groups in total. The maximum atomic E-state index is 12.8. The zero-order valence-corrected chi connectivity index (χ0v) is 18.1. The molecular formula is C24H22ClF3O4. The average molecular weight is 467 g/mol. The van der Waals surface area contributed by atoms with Crippen LogP contribution in [0.2, 0.25) is 5.02 Å². The molecule has 0 amide bonds. The van der Waals surface area contributed by atoms with Crippen LogP contribution in [-0.2, 0) is 11.4 Å². The fraction of sp³-hybridized carbons (Fsp3) is 0.292. The van der Waals surface area contributed by atoms with E-state index in [0.717, 1.165) is 5.56 Å². The Balaban J connectivity index is 1.88. The molecule has 0 spiro atoms. The van der Waals surface area contributed by atoms with Crippen molar-refractivity contribution in [2.24, 2.45) is 0 Å². The van der Waals surface area contributed by atoms with E-state index < -0.39 is 23.3 Å². The van der Waals surface area contributed by atoms with Gasteiger partial charge >= 0.3 is 6.18 Å². The Morgan fingerprint density at radius 2 is 1.91 bits per heavy atom. The summed E-state index contributed by atoms with van der Waals surface area (Å²) < 4.78 is 50.0. The number of carbonyl (C=O) groups is 1. The van der Waals surface area contributed by atoms with Gasteiger partial charge in [0.2, 0.25) is 0 Å². The highest BCUT2D eigenvalue weighted by Gasteiger charge is 2.42. The largest absolute Gasteiger partial charge is 0.507 e. The topological polar surface area (TPSA) is 55.8 Å².